The molecular weight excluding hydrogens is 352 g/mol. The van der Waals surface area contributed by atoms with Crippen molar-refractivity contribution in [2.45, 2.75) is 27.2 Å². The van der Waals surface area contributed by atoms with Gasteiger partial charge in [0.15, 0.2) is 0 Å². The number of nitrogens with one attached hydrogen (secondary N) is 2. The van der Waals surface area contributed by atoms with Crippen molar-refractivity contribution in [3.05, 3.63) is 71.0 Å². The summed E-state index contributed by atoms with van der Waals surface area (Å²) in [6.07, 6.45) is 0.955. The second-order valence-electron chi connectivity index (χ2n) is 6.55. The first kappa shape index (κ1) is 19.4. The number of rotatable bonds is 6. The first-order chi connectivity index (χ1) is 13.5. The molecule has 6 heteroatoms. The highest BCUT2D eigenvalue weighted by atomic mass is 16.5. The molecule has 1 heterocycles. The molecule has 0 aliphatic carbocycles. The zero-order valence-corrected chi connectivity index (χ0v) is 16.5. The van der Waals surface area contributed by atoms with E-state index in [1.54, 1.807) is 13.2 Å². The summed E-state index contributed by atoms with van der Waals surface area (Å²) in [7, 11) is 1.61. The van der Waals surface area contributed by atoms with Crippen LogP contribution >= 0.6 is 0 Å². The van der Waals surface area contributed by atoms with Crippen LogP contribution < -0.4 is 15.4 Å². The smallest absolute Gasteiger partial charge is 0.274 e. The molecule has 0 saturated heterocycles. The van der Waals surface area contributed by atoms with Crippen LogP contribution in [0.2, 0.25) is 0 Å². The van der Waals surface area contributed by atoms with E-state index in [4.69, 9.17) is 4.74 Å². The van der Waals surface area contributed by atoms with Gasteiger partial charge < -0.3 is 15.4 Å². The fourth-order valence-electron chi connectivity index (χ4n) is 2.80. The summed E-state index contributed by atoms with van der Waals surface area (Å²) in [5, 5.41) is 6.03. The van der Waals surface area contributed by atoms with Crippen LogP contribution in [0.1, 0.15) is 34.2 Å². The van der Waals surface area contributed by atoms with Crippen LogP contribution in [-0.2, 0) is 6.42 Å². The molecule has 0 aliphatic rings. The first-order valence-corrected chi connectivity index (χ1v) is 9.16. The Labute approximate surface area is 165 Å². The molecule has 0 aliphatic heterocycles. The zero-order valence-electron chi connectivity index (χ0n) is 16.5. The van der Waals surface area contributed by atoms with Crippen molar-refractivity contribution in [1.29, 1.82) is 0 Å². The lowest BCUT2D eigenvalue weighted by Crippen LogP contribution is -2.15. The monoisotopic (exact) mass is 376 g/mol. The fraction of sp³-hybridized carbons (Fsp3) is 0.227. The Hall–Kier alpha value is -3.41. The number of carbonyl (C=O) groups is 1. The molecule has 144 valence electrons. The van der Waals surface area contributed by atoms with Crippen molar-refractivity contribution in [2.75, 3.05) is 17.7 Å². The van der Waals surface area contributed by atoms with Crippen molar-refractivity contribution >= 4 is 23.2 Å². The van der Waals surface area contributed by atoms with E-state index in [0.29, 0.717) is 23.1 Å². The number of aromatic nitrogens is 2. The maximum Gasteiger partial charge on any atom is 0.274 e. The van der Waals surface area contributed by atoms with Crippen molar-refractivity contribution < 1.29 is 9.53 Å². The minimum Gasteiger partial charge on any atom is -0.495 e. The third-order valence-corrected chi connectivity index (χ3v) is 4.31. The molecule has 0 bridgehead atoms. The van der Waals surface area contributed by atoms with Gasteiger partial charge in [-0.25, -0.2) is 9.97 Å². The largest absolute Gasteiger partial charge is 0.495 e. The lowest BCUT2D eigenvalue weighted by atomic mass is 10.1. The number of ether oxygens (including phenoxy) is 1. The van der Waals surface area contributed by atoms with E-state index in [2.05, 4.69) is 27.5 Å². The van der Waals surface area contributed by atoms with Crippen LogP contribution in [0.15, 0.2) is 48.5 Å². The predicted octanol–water partition coefficient (Wildman–Crippen LogP) is 4.66. The van der Waals surface area contributed by atoms with E-state index in [1.165, 1.54) is 5.56 Å². The summed E-state index contributed by atoms with van der Waals surface area (Å²) >= 11 is 0. The highest BCUT2D eigenvalue weighted by molar-refractivity contribution is 6.03. The van der Waals surface area contributed by atoms with Gasteiger partial charge in [-0.15, -0.1) is 0 Å². The minimum absolute atomic E-state index is 0.283. The number of anilines is 3. The van der Waals surface area contributed by atoms with E-state index < -0.39 is 0 Å². The predicted molar refractivity (Wildman–Crippen MR) is 112 cm³/mol. The Kier molecular flexibility index (Phi) is 5.89. The molecule has 3 aromatic rings. The number of aryl methyl sites for hydroxylation is 3. The van der Waals surface area contributed by atoms with E-state index in [-0.39, 0.29) is 5.91 Å². The number of nitrogens with zero attached hydrogens (tertiary/aromatic N) is 2. The second-order valence-corrected chi connectivity index (χ2v) is 6.55. The molecule has 0 spiro atoms. The average molecular weight is 376 g/mol. The Morgan fingerprint density at radius 2 is 1.79 bits per heavy atom. The second kappa shape index (κ2) is 8.52. The lowest BCUT2D eigenvalue weighted by Gasteiger charge is -2.12. The first-order valence-electron chi connectivity index (χ1n) is 9.16. The van der Waals surface area contributed by atoms with Gasteiger partial charge in [-0.3, -0.25) is 4.79 Å². The number of amides is 1. The van der Waals surface area contributed by atoms with Crippen LogP contribution in [0, 0.1) is 13.8 Å². The van der Waals surface area contributed by atoms with Gasteiger partial charge in [-0.1, -0.05) is 25.1 Å². The van der Waals surface area contributed by atoms with Crippen molar-refractivity contribution in [3.63, 3.8) is 0 Å². The molecule has 6 nitrogen and oxygen atoms in total. The summed E-state index contributed by atoms with van der Waals surface area (Å²) in [6.45, 7) is 5.91. The Morgan fingerprint density at radius 1 is 1.04 bits per heavy atom. The molecule has 0 radical (unpaired) electrons. The number of hydrogen-bond acceptors (Lipinski definition) is 5. The topological polar surface area (TPSA) is 76.1 Å². The van der Waals surface area contributed by atoms with Gasteiger partial charge in [0.05, 0.1) is 12.8 Å². The number of benzene rings is 2. The molecular formula is C22H24N4O2. The average Bonchev–Trinajstić information content (AvgIpc) is 2.68. The summed E-state index contributed by atoms with van der Waals surface area (Å²) in [6, 6.07) is 15.2. The lowest BCUT2D eigenvalue weighted by molar-refractivity contribution is 0.102. The van der Waals surface area contributed by atoms with Crippen LogP contribution in [-0.4, -0.2) is 23.0 Å². The zero-order chi connectivity index (χ0) is 20.1. The van der Waals surface area contributed by atoms with Crippen molar-refractivity contribution in [2.24, 2.45) is 0 Å². The van der Waals surface area contributed by atoms with Gasteiger partial charge >= 0.3 is 0 Å². The summed E-state index contributed by atoms with van der Waals surface area (Å²) < 4.78 is 5.38. The van der Waals surface area contributed by atoms with Gasteiger partial charge in [0, 0.05) is 11.4 Å². The van der Waals surface area contributed by atoms with Gasteiger partial charge in [0.1, 0.15) is 11.4 Å². The molecule has 2 aromatic carbocycles. The molecule has 2 N–H and O–H groups in total. The number of carbonyl (C=O) groups excluding carboxylic acids is 1. The van der Waals surface area contributed by atoms with Crippen LogP contribution in [0.3, 0.4) is 0 Å². The van der Waals surface area contributed by atoms with Gasteiger partial charge in [0.2, 0.25) is 5.95 Å². The van der Waals surface area contributed by atoms with E-state index in [9.17, 15) is 4.79 Å². The molecule has 1 amide bonds. The summed E-state index contributed by atoms with van der Waals surface area (Å²) in [5.41, 5.74) is 4.75. The van der Waals surface area contributed by atoms with E-state index >= 15 is 0 Å². The Morgan fingerprint density at radius 3 is 2.46 bits per heavy atom. The molecule has 3 rings (SSSR count). The molecule has 28 heavy (non-hydrogen) atoms. The molecule has 1 aromatic heterocycles. The van der Waals surface area contributed by atoms with Crippen LogP contribution in [0.25, 0.3) is 0 Å². The third-order valence-electron chi connectivity index (χ3n) is 4.31. The Bertz CT molecular complexity index is 984. The van der Waals surface area contributed by atoms with Gasteiger partial charge in [-0.05, 0) is 61.7 Å². The standard InChI is InChI=1S/C22H24N4O2/c1-5-16-7-9-17(10-8-16)24-21(27)19-13-15(3)23-22(26-19)25-18-12-14(2)6-11-20(18)28-4/h6-13H,5H2,1-4H3,(H,24,27)(H,23,25,26). The fourth-order valence-corrected chi connectivity index (χ4v) is 2.80. The number of hydrogen-bond donors (Lipinski definition) is 2. The molecule has 0 unspecified atom stereocenters. The van der Waals surface area contributed by atoms with E-state index in [0.717, 1.165) is 23.4 Å². The molecule has 0 saturated carbocycles. The normalized spacial score (nSPS) is 10.4. The molecule has 0 fully saturated rings. The highest BCUT2D eigenvalue weighted by Gasteiger charge is 2.13. The quantitative estimate of drug-likeness (QED) is 0.654. The summed E-state index contributed by atoms with van der Waals surface area (Å²) in [4.78, 5) is 21.4. The molecule has 0 atom stereocenters. The van der Waals surface area contributed by atoms with Crippen LogP contribution in [0.4, 0.5) is 17.3 Å². The highest BCUT2D eigenvalue weighted by Crippen LogP contribution is 2.27. The Balaban J connectivity index is 1.82. The van der Waals surface area contributed by atoms with Gasteiger partial charge in [0.25, 0.3) is 5.91 Å². The van der Waals surface area contributed by atoms with Gasteiger partial charge in [-0.2, -0.15) is 0 Å². The maximum atomic E-state index is 12.6. The number of methoxy groups -OCH3 is 1. The SMILES string of the molecule is CCc1ccc(NC(=O)c2cc(C)nc(Nc3cc(C)ccc3OC)n2)cc1. The third kappa shape index (κ3) is 4.65. The summed E-state index contributed by atoms with van der Waals surface area (Å²) in [5.74, 6) is 0.738. The van der Waals surface area contributed by atoms with E-state index in [1.807, 2.05) is 56.3 Å². The maximum absolute atomic E-state index is 12.6. The van der Waals surface area contributed by atoms with Crippen molar-refractivity contribution in [3.8, 4) is 5.75 Å². The minimum atomic E-state index is -0.283. The van der Waals surface area contributed by atoms with Crippen molar-refractivity contribution in [1.82, 2.24) is 9.97 Å². The van der Waals surface area contributed by atoms with Crippen LogP contribution in [0.5, 0.6) is 5.75 Å².